The van der Waals surface area contributed by atoms with E-state index in [2.05, 4.69) is 9.97 Å². The number of rotatable bonds is 4. The summed E-state index contributed by atoms with van der Waals surface area (Å²) in [6, 6.07) is 11.2. The van der Waals surface area contributed by atoms with Gasteiger partial charge in [0.2, 0.25) is 11.5 Å². The van der Waals surface area contributed by atoms with Gasteiger partial charge in [-0.15, -0.1) is 22.7 Å². The Balaban J connectivity index is 0.000000267. The van der Waals surface area contributed by atoms with E-state index in [-0.39, 0.29) is 26.8 Å². The van der Waals surface area contributed by atoms with E-state index in [1.165, 1.54) is 0 Å². The van der Waals surface area contributed by atoms with Crippen molar-refractivity contribution in [2.75, 3.05) is 0 Å². The molecule has 0 aliphatic rings. The molecule has 2 aromatic carbocycles. The number of fused-ring (bicyclic) bond motifs is 2. The van der Waals surface area contributed by atoms with Gasteiger partial charge in [-0.3, -0.25) is 0 Å². The van der Waals surface area contributed by atoms with E-state index in [4.69, 9.17) is 10.2 Å². The zero-order chi connectivity index (χ0) is 28.4. The first kappa shape index (κ1) is 32.6. The summed E-state index contributed by atoms with van der Waals surface area (Å²) in [7, 11) is 0. The van der Waals surface area contributed by atoms with Gasteiger partial charge in [0, 0.05) is 12.2 Å². The summed E-state index contributed by atoms with van der Waals surface area (Å²) in [6.45, 7) is 8.16. The second kappa shape index (κ2) is 12.7. The average molecular weight is 634 g/mol. The predicted octanol–water partition coefficient (Wildman–Crippen LogP) is 9.76. The summed E-state index contributed by atoms with van der Waals surface area (Å²) in [4.78, 5) is 8.10. The number of allylic oxidation sites excluding steroid dienone is 2. The van der Waals surface area contributed by atoms with Crippen LogP contribution in [0.2, 0.25) is 0 Å². The first-order valence-electron chi connectivity index (χ1n) is 11.3. The van der Waals surface area contributed by atoms with Crippen LogP contribution in [0, 0.1) is 0 Å². The summed E-state index contributed by atoms with van der Waals surface area (Å²) in [5.41, 5.74) is 3.48. The van der Waals surface area contributed by atoms with Gasteiger partial charge in [-0.25, -0.2) is 9.97 Å². The third kappa shape index (κ3) is 8.69. The van der Waals surface area contributed by atoms with Crippen molar-refractivity contribution in [2.24, 2.45) is 0 Å². The van der Waals surface area contributed by atoms with Crippen LogP contribution in [-0.4, -0.2) is 32.5 Å². The second-order valence-corrected chi connectivity index (χ2v) is 11.0. The molecule has 0 saturated heterocycles. The van der Waals surface area contributed by atoms with Crippen LogP contribution in [-0.2, 0) is 16.8 Å². The number of thiazole rings is 2. The molecule has 0 bridgehead atoms. The summed E-state index contributed by atoms with van der Waals surface area (Å²) in [5.74, 6) is -2.57. The predicted molar refractivity (Wildman–Crippen MR) is 141 cm³/mol. The average Bonchev–Trinajstić information content (AvgIpc) is 3.39. The van der Waals surface area contributed by atoms with Crippen LogP contribution in [0.25, 0.3) is 32.6 Å². The molecule has 0 spiro atoms. The SMILES string of the molecule is CC(C)c1ccc2nc(C=C(O)C(F)(F)F)sc2c1.CC(C)c1ccc2nc(C=C(O)C(F)(F)F)sc2c1.[Co+2]. The van der Waals surface area contributed by atoms with E-state index in [0.717, 1.165) is 43.2 Å². The molecule has 39 heavy (non-hydrogen) atoms. The topological polar surface area (TPSA) is 66.2 Å². The largest absolute Gasteiger partial charge is 2.00 e. The Morgan fingerprint density at radius 2 is 1.03 bits per heavy atom. The Bertz CT molecular complexity index is 1380. The first-order valence-corrected chi connectivity index (χ1v) is 12.9. The molecule has 0 aliphatic heterocycles. The van der Waals surface area contributed by atoms with Crippen molar-refractivity contribution >= 4 is 55.3 Å². The molecule has 1 radical (unpaired) electrons. The maximum absolute atomic E-state index is 12.2. The molecule has 0 unspecified atom stereocenters. The van der Waals surface area contributed by atoms with Gasteiger partial charge in [-0.2, -0.15) is 26.3 Å². The third-order valence-electron chi connectivity index (χ3n) is 5.29. The molecule has 13 heteroatoms. The van der Waals surface area contributed by atoms with Crippen molar-refractivity contribution < 1.29 is 53.3 Å². The Morgan fingerprint density at radius 1 is 0.692 bits per heavy atom. The molecular formula is C26H24CoF6N2O2S2+2. The van der Waals surface area contributed by atoms with Gasteiger partial charge in [0.05, 0.1) is 20.4 Å². The van der Waals surface area contributed by atoms with Gasteiger partial charge in [-0.05, 0) is 47.2 Å². The fourth-order valence-electron chi connectivity index (χ4n) is 3.16. The number of hydrogen-bond acceptors (Lipinski definition) is 6. The Hall–Kier alpha value is -2.61. The van der Waals surface area contributed by atoms with E-state index in [0.29, 0.717) is 35.0 Å². The number of benzene rings is 2. The van der Waals surface area contributed by atoms with Crippen LogP contribution in [0.1, 0.15) is 60.7 Å². The normalized spacial score (nSPS) is 13.1. The number of aliphatic hydroxyl groups excluding tert-OH is 2. The molecule has 211 valence electrons. The first-order chi connectivity index (χ1) is 17.5. The minimum absolute atomic E-state index is 0. The summed E-state index contributed by atoms with van der Waals surface area (Å²) in [5, 5.41) is 18.1. The number of hydrogen-bond donors (Lipinski definition) is 2. The molecule has 0 amide bonds. The fourth-order valence-corrected chi connectivity index (χ4v) is 5.06. The van der Waals surface area contributed by atoms with E-state index >= 15 is 0 Å². The Kier molecular flexibility index (Phi) is 10.6. The summed E-state index contributed by atoms with van der Waals surface area (Å²) >= 11 is 2.25. The van der Waals surface area contributed by atoms with E-state index in [9.17, 15) is 26.3 Å². The summed E-state index contributed by atoms with van der Waals surface area (Å²) < 4.78 is 74.9. The molecule has 4 aromatic rings. The number of nitrogens with zero attached hydrogens (tertiary/aromatic N) is 2. The fraction of sp³-hybridized carbons (Fsp3) is 0.308. The van der Waals surface area contributed by atoms with Gasteiger partial charge in [0.1, 0.15) is 10.0 Å². The molecule has 2 heterocycles. The monoisotopic (exact) mass is 633 g/mol. The minimum Gasteiger partial charge on any atom is -0.504 e. The van der Waals surface area contributed by atoms with Crippen molar-refractivity contribution in [1.29, 1.82) is 0 Å². The van der Waals surface area contributed by atoms with Crippen molar-refractivity contribution in [1.82, 2.24) is 9.97 Å². The van der Waals surface area contributed by atoms with Crippen LogP contribution in [0.15, 0.2) is 47.9 Å². The van der Waals surface area contributed by atoms with E-state index < -0.39 is 23.9 Å². The number of halogens is 6. The quantitative estimate of drug-likeness (QED) is 0.174. The molecule has 0 aliphatic carbocycles. The van der Waals surface area contributed by atoms with Crippen molar-refractivity contribution in [3.05, 3.63) is 69.1 Å². The smallest absolute Gasteiger partial charge is 0.504 e. The van der Waals surface area contributed by atoms with Crippen molar-refractivity contribution in [3.63, 3.8) is 0 Å². The molecule has 2 aromatic heterocycles. The third-order valence-corrected chi connectivity index (χ3v) is 7.22. The molecule has 4 nitrogen and oxygen atoms in total. The minimum atomic E-state index is -4.74. The van der Waals surface area contributed by atoms with Crippen LogP contribution in [0.5, 0.6) is 0 Å². The molecule has 0 saturated carbocycles. The standard InChI is InChI=1S/2C13H12F3NOS.Co/c2*1-7(2)8-3-4-9-10(5-8)19-12(17-9)6-11(18)13(14,15)16;/h2*3-7,18H,1-2H3;/q;;+2. The molecule has 0 atom stereocenters. The maximum atomic E-state index is 12.2. The zero-order valence-corrected chi connectivity index (χ0v) is 23.7. The van der Waals surface area contributed by atoms with Crippen LogP contribution in [0.4, 0.5) is 26.3 Å². The summed E-state index contributed by atoms with van der Waals surface area (Å²) in [6.07, 6.45) is -8.17. The van der Waals surface area contributed by atoms with Gasteiger partial charge in [0.15, 0.2) is 0 Å². The second-order valence-electron chi connectivity index (χ2n) is 8.92. The van der Waals surface area contributed by atoms with Gasteiger partial charge < -0.3 is 10.2 Å². The number of aliphatic hydroxyl groups is 2. The van der Waals surface area contributed by atoms with Gasteiger partial charge in [-0.1, -0.05) is 39.8 Å². The number of aromatic nitrogens is 2. The van der Waals surface area contributed by atoms with Crippen molar-refractivity contribution in [3.8, 4) is 0 Å². The van der Waals surface area contributed by atoms with Crippen molar-refractivity contribution in [2.45, 2.75) is 51.9 Å². The van der Waals surface area contributed by atoms with Gasteiger partial charge >= 0.3 is 29.1 Å². The Morgan fingerprint density at radius 3 is 1.31 bits per heavy atom. The number of alkyl halides is 6. The zero-order valence-electron chi connectivity index (χ0n) is 21.0. The Labute approximate surface area is 238 Å². The van der Waals surface area contributed by atoms with E-state index in [1.54, 1.807) is 12.1 Å². The van der Waals surface area contributed by atoms with E-state index in [1.807, 2.05) is 52.0 Å². The molecule has 2 N–H and O–H groups in total. The van der Waals surface area contributed by atoms with Crippen LogP contribution < -0.4 is 0 Å². The molecular weight excluding hydrogens is 609 g/mol. The maximum Gasteiger partial charge on any atom is 2.00 e. The van der Waals surface area contributed by atoms with Gasteiger partial charge in [0.25, 0.3) is 0 Å². The molecule has 4 rings (SSSR count). The van der Waals surface area contributed by atoms with Crippen LogP contribution >= 0.6 is 22.7 Å². The molecule has 0 fully saturated rings. The van der Waals surface area contributed by atoms with Crippen LogP contribution in [0.3, 0.4) is 0 Å².